The Morgan fingerprint density at radius 2 is 2.11 bits per heavy atom. The zero-order valence-electron chi connectivity index (χ0n) is 11.1. The fourth-order valence-corrected chi connectivity index (χ4v) is 2.61. The van der Waals surface area contributed by atoms with Gasteiger partial charge in [-0.1, -0.05) is 11.4 Å². The van der Waals surface area contributed by atoms with Crippen molar-refractivity contribution in [2.24, 2.45) is 0 Å². The first-order valence-electron chi connectivity index (χ1n) is 5.92. The van der Waals surface area contributed by atoms with Crippen molar-refractivity contribution in [2.75, 3.05) is 14.2 Å². The van der Waals surface area contributed by atoms with Crippen LogP contribution < -0.4 is 9.47 Å². The fourth-order valence-electron chi connectivity index (χ4n) is 1.86. The fraction of sp³-hybridized carbons (Fsp3) is 0.385. The van der Waals surface area contributed by atoms with Gasteiger partial charge in [0.2, 0.25) is 0 Å². The van der Waals surface area contributed by atoms with Crippen LogP contribution in [0.3, 0.4) is 0 Å². The van der Waals surface area contributed by atoms with Crippen molar-refractivity contribution in [3.63, 3.8) is 0 Å². The maximum Gasteiger partial charge on any atom is 0.125 e. The van der Waals surface area contributed by atoms with Crippen molar-refractivity contribution < 1.29 is 14.6 Å². The third-order valence-corrected chi connectivity index (χ3v) is 3.72. The second kappa shape index (κ2) is 5.99. The van der Waals surface area contributed by atoms with Gasteiger partial charge in [-0.15, -0.1) is 5.10 Å². The first-order chi connectivity index (χ1) is 9.21. The van der Waals surface area contributed by atoms with Crippen LogP contribution in [0.25, 0.3) is 0 Å². The maximum absolute atomic E-state index is 10.5. The molecule has 6 heteroatoms. The van der Waals surface area contributed by atoms with Gasteiger partial charge in [0, 0.05) is 5.56 Å². The van der Waals surface area contributed by atoms with Gasteiger partial charge in [0.25, 0.3) is 0 Å². The van der Waals surface area contributed by atoms with Gasteiger partial charge in [0.05, 0.1) is 24.8 Å². The van der Waals surface area contributed by atoms with E-state index in [-0.39, 0.29) is 0 Å². The standard InChI is InChI=1S/C13H16N2O3S/c1-4-10-13(19-15-14-10)12(16)9-7-8(17-2)5-6-11(9)18-3/h5-7,12,16H,4H2,1-3H3. The lowest BCUT2D eigenvalue weighted by Gasteiger charge is -2.15. The smallest absolute Gasteiger partial charge is 0.125 e. The van der Waals surface area contributed by atoms with Gasteiger partial charge in [0.15, 0.2) is 0 Å². The predicted octanol–water partition coefficient (Wildman–Crippen LogP) is 2.20. The Balaban J connectivity index is 2.45. The van der Waals surface area contributed by atoms with Gasteiger partial charge >= 0.3 is 0 Å². The lowest BCUT2D eigenvalue weighted by molar-refractivity contribution is 0.216. The van der Waals surface area contributed by atoms with Gasteiger partial charge < -0.3 is 14.6 Å². The lowest BCUT2D eigenvalue weighted by atomic mass is 10.0. The number of hydrogen-bond donors (Lipinski definition) is 1. The summed E-state index contributed by atoms with van der Waals surface area (Å²) < 4.78 is 14.4. The molecule has 0 saturated heterocycles. The molecule has 1 N–H and O–H groups in total. The third-order valence-electron chi connectivity index (χ3n) is 2.90. The average molecular weight is 280 g/mol. The van der Waals surface area contributed by atoms with E-state index in [1.165, 1.54) is 11.5 Å². The minimum Gasteiger partial charge on any atom is -0.497 e. The van der Waals surface area contributed by atoms with Crippen LogP contribution in [0.4, 0.5) is 0 Å². The van der Waals surface area contributed by atoms with E-state index in [0.717, 1.165) is 17.0 Å². The molecule has 1 heterocycles. The molecule has 2 aromatic rings. The van der Waals surface area contributed by atoms with E-state index in [1.807, 2.05) is 6.92 Å². The number of rotatable bonds is 5. The summed E-state index contributed by atoms with van der Waals surface area (Å²) in [4.78, 5) is 0.744. The van der Waals surface area contributed by atoms with Crippen LogP contribution in [0.15, 0.2) is 18.2 Å². The number of methoxy groups -OCH3 is 2. The second-order valence-corrected chi connectivity index (χ2v) is 4.73. The molecule has 1 unspecified atom stereocenters. The third kappa shape index (κ3) is 2.69. The van der Waals surface area contributed by atoms with E-state index in [0.29, 0.717) is 17.1 Å². The Labute approximate surface area is 116 Å². The maximum atomic E-state index is 10.5. The Kier molecular flexibility index (Phi) is 4.34. The number of ether oxygens (including phenoxy) is 2. The number of benzene rings is 1. The van der Waals surface area contributed by atoms with Crippen molar-refractivity contribution in [3.8, 4) is 11.5 Å². The number of hydrogen-bond acceptors (Lipinski definition) is 6. The summed E-state index contributed by atoms with van der Waals surface area (Å²) in [5.41, 5.74) is 1.46. The lowest BCUT2D eigenvalue weighted by Crippen LogP contribution is -2.04. The molecule has 0 saturated carbocycles. The van der Waals surface area contributed by atoms with Gasteiger partial charge in [-0.25, -0.2) is 0 Å². The number of aliphatic hydroxyl groups excluding tert-OH is 1. The average Bonchev–Trinajstić information content (AvgIpc) is 2.94. The summed E-state index contributed by atoms with van der Waals surface area (Å²) >= 11 is 1.20. The van der Waals surface area contributed by atoms with Crippen LogP contribution in [0, 0.1) is 0 Å². The molecule has 5 nitrogen and oxygen atoms in total. The largest absolute Gasteiger partial charge is 0.497 e. The highest BCUT2D eigenvalue weighted by molar-refractivity contribution is 7.05. The molecule has 0 aliphatic carbocycles. The first kappa shape index (κ1) is 13.8. The highest BCUT2D eigenvalue weighted by atomic mass is 32.1. The molecule has 0 fully saturated rings. The summed E-state index contributed by atoms with van der Waals surface area (Å²) in [6.45, 7) is 1.98. The summed E-state index contributed by atoms with van der Waals surface area (Å²) in [6.07, 6.45) is -0.0742. The second-order valence-electron chi connectivity index (χ2n) is 3.95. The van der Waals surface area contributed by atoms with Gasteiger partial charge in [-0.2, -0.15) is 0 Å². The molecule has 0 radical (unpaired) electrons. The summed E-state index contributed by atoms with van der Waals surface area (Å²) in [7, 11) is 3.16. The topological polar surface area (TPSA) is 64.5 Å². The molecule has 2 rings (SSSR count). The quantitative estimate of drug-likeness (QED) is 0.909. The SMILES string of the molecule is CCc1nnsc1C(O)c1cc(OC)ccc1OC. The van der Waals surface area contributed by atoms with E-state index >= 15 is 0 Å². The van der Waals surface area contributed by atoms with Crippen LogP contribution in [0.5, 0.6) is 11.5 Å². The highest BCUT2D eigenvalue weighted by Gasteiger charge is 2.21. The molecule has 1 aromatic heterocycles. The van der Waals surface area contributed by atoms with Crippen LogP contribution in [0.2, 0.25) is 0 Å². The summed E-state index contributed by atoms with van der Waals surface area (Å²) in [6, 6.07) is 5.33. The number of aliphatic hydroxyl groups is 1. The van der Waals surface area contributed by atoms with E-state index in [1.54, 1.807) is 32.4 Å². The molecule has 0 aliphatic rings. The minimum atomic E-state index is -0.806. The van der Waals surface area contributed by atoms with Crippen molar-refractivity contribution >= 4 is 11.5 Å². The molecular weight excluding hydrogens is 264 g/mol. The first-order valence-corrected chi connectivity index (χ1v) is 6.69. The molecule has 0 aliphatic heterocycles. The van der Waals surface area contributed by atoms with Crippen molar-refractivity contribution in [2.45, 2.75) is 19.4 Å². The van der Waals surface area contributed by atoms with Gasteiger partial charge in [-0.3, -0.25) is 0 Å². The molecule has 0 spiro atoms. The van der Waals surface area contributed by atoms with E-state index in [9.17, 15) is 5.11 Å². The Bertz CT molecular complexity index is 557. The molecular formula is C13H16N2O3S. The van der Waals surface area contributed by atoms with Crippen LogP contribution in [-0.4, -0.2) is 28.9 Å². The monoisotopic (exact) mass is 280 g/mol. The van der Waals surface area contributed by atoms with Crippen molar-refractivity contribution in [3.05, 3.63) is 34.3 Å². The number of nitrogens with zero attached hydrogens (tertiary/aromatic N) is 2. The van der Waals surface area contributed by atoms with Gasteiger partial charge in [0.1, 0.15) is 17.6 Å². The van der Waals surface area contributed by atoms with Crippen LogP contribution in [0.1, 0.15) is 29.2 Å². The molecule has 0 bridgehead atoms. The van der Waals surface area contributed by atoms with Crippen molar-refractivity contribution in [1.29, 1.82) is 0 Å². The van der Waals surface area contributed by atoms with E-state index in [2.05, 4.69) is 9.59 Å². The zero-order chi connectivity index (χ0) is 13.8. The molecule has 19 heavy (non-hydrogen) atoms. The molecule has 1 aromatic carbocycles. The summed E-state index contributed by atoms with van der Waals surface area (Å²) in [5, 5.41) is 14.5. The molecule has 1 atom stereocenters. The number of aryl methyl sites for hydroxylation is 1. The minimum absolute atomic E-state index is 0.615. The summed E-state index contributed by atoms with van der Waals surface area (Å²) in [5.74, 6) is 1.29. The highest BCUT2D eigenvalue weighted by Crippen LogP contribution is 2.35. The van der Waals surface area contributed by atoms with Gasteiger partial charge in [-0.05, 0) is 36.2 Å². The van der Waals surface area contributed by atoms with E-state index in [4.69, 9.17) is 9.47 Å². The Morgan fingerprint density at radius 1 is 1.32 bits per heavy atom. The number of aromatic nitrogens is 2. The van der Waals surface area contributed by atoms with Crippen LogP contribution in [-0.2, 0) is 6.42 Å². The Hall–Kier alpha value is -1.66. The zero-order valence-corrected chi connectivity index (χ0v) is 11.9. The normalized spacial score (nSPS) is 12.2. The van der Waals surface area contributed by atoms with Crippen LogP contribution >= 0.6 is 11.5 Å². The van der Waals surface area contributed by atoms with E-state index < -0.39 is 6.10 Å². The Morgan fingerprint density at radius 3 is 2.74 bits per heavy atom. The van der Waals surface area contributed by atoms with Crippen molar-refractivity contribution in [1.82, 2.24) is 9.59 Å². The molecule has 102 valence electrons. The predicted molar refractivity (Wildman–Crippen MR) is 72.9 cm³/mol. The molecule has 0 amide bonds.